The molecule has 0 aliphatic heterocycles. The van der Waals surface area contributed by atoms with Gasteiger partial charge in [0.2, 0.25) is 0 Å². The van der Waals surface area contributed by atoms with Gasteiger partial charge < -0.3 is 24.1 Å². The summed E-state index contributed by atoms with van der Waals surface area (Å²) < 4.78 is 86.6. The van der Waals surface area contributed by atoms with Crippen LogP contribution in [0.25, 0.3) is 27.0 Å². The summed E-state index contributed by atoms with van der Waals surface area (Å²) >= 11 is 0. The maximum atomic E-state index is 12.0. The minimum Gasteiger partial charge on any atom is -0.857 e. The molecule has 0 N–H and O–H groups in total. The van der Waals surface area contributed by atoms with Crippen molar-refractivity contribution in [2.45, 2.75) is 12.7 Å². The fraction of sp³-hybridized carbons (Fsp3) is 0.261. The van der Waals surface area contributed by atoms with Gasteiger partial charge in [0.1, 0.15) is 30.0 Å². The van der Waals surface area contributed by atoms with E-state index in [0.717, 1.165) is 38.5 Å². The topological polar surface area (TPSA) is 209 Å². The van der Waals surface area contributed by atoms with Crippen molar-refractivity contribution in [1.82, 2.24) is 0 Å². The van der Waals surface area contributed by atoms with Gasteiger partial charge in [0.05, 0.1) is 14.2 Å². The van der Waals surface area contributed by atoms with Gasteiger partial charge >= 0.3 is 54.2 Å². The molecular weight excluding hydrogens is 625 g/mol. The summed E-state index contributed by atoms with van der Waals surface area (Å²) in [5.74, 6) is -2.13. The molecule has 2 aromatic rings. The van der Waals surface area contributed by atoms with Crippen molar-refractivity contribution in [3.05, 3.63) is 86.2 Å². The van der Waals surface area contributed by atoms with Gasteiger partial charge in [-0.25, -0.2) is 4.79 Å². The van der Waals surface area contributed by atoms with Crippen LogP contribution in [-0.2, 0) is 19.1 Å². The number of carbonyl (C=O) groups is 3. The summed E-state index contributed by atoms with van der Waals surface area (Å²) in [6.07, 6.45) is -7.76. The Morgan fingerprint density at radius 2 is 1.25 bits per heavy atom. The van der Waals surface area contributed by atoms with Crippen LogP contribution >= 0.6 is 0 Å². The number of aldehydes is 1. The van der Waals surface area contributed by atoms with Gasteiger partial charge in [-0.2, -0.15) is 7.11 Å². The largest absolute Gasteiger partial charge is 1.00 e. The van der Waals surface area contributed by atoms with Crippen molar-refractivity contribution in [2.75, 3.05) is 27.9 Å². The Hall–Kier alpha value is -4.45. The molecule has 0 aromatic heterocycles. The molecule has 2 rings (SSSR count). The Morgan fingerprint density at radius 3 is 1.57 bits per heavy atom. The van der Waals surface area contributed by atoms with Crippen molar-refractivity contribution < 1.29 is 94.3 Å². The average molecular weight is 646 g/mol. The molecular formula is C23H21F6N6NaO8. The molecule has 44 heavy (non-hydrogen) atoms. The Labute approximate surface area is 266 Å². The molecule has 0 amide bonds. The van der Waals surface area contributed by atoms with Gasteiger partial charge in [0, 0.05) is 15.4 Å². The van der Waals surface area contributed by atoms with Crippen LogP contribution in [0.2, 0.25) is 0 Å². The van der Waals surface area contributed by atoms with Gasteiger partial charge in [-0.3, -0.25) is 9.59 Å². The summed E-state index contributed by atoms with van der Waals surface area (Å²) in [6.45, 7) is -0.229. The van der Waals surface area contributed by atoms with E-state index in [1.165, 1.54) is 37.5 Å². The van der Waals surface area contributed by atoms with Crippen molar-refractivity contribution in [2.24, 2.45) is 10.2 Å². The first-order chi connectivity index (χ1) is 20.2. The molecule has 0 aliphatic rings. The van der Waals surface area contributed by atoms with E-state index in [0.29, 0.717) is 17.4 Å². The van der Waals surface area contributed by atoms with E-state index in [1.54, 1.807) is 0 Å². The maximum Gasteiger partial charge on any atom is 1.00 e. The first-order valence-corrected chi connectivity index (χ1v) is 10.7. The smallest absolute Gasteiger partial charge is 0.857 e. The molecule has 0 spiro atoms. The van der Waals surface area contributed by atoms with Gasteiger partial charge in [0.25, 0.3) is 0 Å². The third-order valence-electron chi connectivity index (χ3n) is 3.70. The Kier molecular flexibility index (Phi) is 24.0. The minimum absolute atomic E-state index is 0. The average Bonchev–Trinajstić information content (AvgIpc) is 2.96. The van der Waals surface area contributed by atoms with Crippen molar-refractivity contribution in [3.63, 3.8) is 0 Å². The normalized spacial score (nSPS) is 9.91. The van der Waals surface area contributed by atoms with Crippen LogP contribution < -0.4 is 44.1 Å². The number of esters is 2. The van der Waals surface area contributed by atoms with Crippen LogP contribution in [0.15, 0.2) is 64.5 Å². The first kappa shape index (κ1) is 44.0. The van der Waals surface area contributed by atoms with Crippen molar-refractivity contribution in [3.8, 4) is 11.5 Å². The molecule has 2 aromatic carbocycles. The number of ether oxygens (including phenoxy) is 4. The quantitative estimate of drug-likeness (QED) is 0.0606. The number of alkyl halides is 6. The monoisotopic (exact) mass is 646 g/mol. The Bertz CT molecular complexity index is 1280. The second-order valence-electron chi connectivity index (χ2n) is 6.53. The number of hydrogen-bond acceptors (Lipinski definition) is 10. The van der Waals surface area contributed by atoms with Crippen LogP contribution in [0.4, 0.5) is 26.3 Å². The van der Waals surface area contributed by atoms with E-state index in [1.807, 2.05) is 0 Å². The van der Waals surface area contributed by atoms with E-state index in [-0.39, 0.29) is 47.5 Å². The second-order valence-corrected chi connectivity index (χ2v) is 6.53. The third kappa shape index (κ3) is 23.1. The molecule has 14 nitrogen and oxygen atoms in total. The summed E-state index contributed by atoms with van der Waals surface area (Å²) in [7, 11) is 3.08. The molecule has 0 saturated heterocycles. The zero-order valence-corrected chi connectivity index (χ0v) is 25.2. The number of halogens is 6. The van der Waals surface area contributed by atoms with Crippen LogP contribution in [0, 0.1) is 0 Å². The molecule has 0 atom stereocenters. The standard InChI is InChI=1S/C11H8F3N3O3.C8H5F3O2.C3H5N3O2.CH3O.Na/c1-19-10(18)9(16-17-15)6-7-2-4-8(5-3-7)20-11(12,13)14;9-8(10,11)13-7-3-1-6(5-12)2-4-7;1-8-3(7)2-5-6-4;1-2;/h2-6H,1H3;1-5H;2H2,1H3;1H3;/q;;;-1;+1/b9-6-;;;;. The van der Waals surface area contributed by atoms with E-state index < -0.39 is 30.4 Å². The molecule has 0 saturated carbocycles. The van der Waals surface area contributed by atoms with Crippen molar-refractivity contribution in [1.29, 1.82) is 0 Å². The van der Waals surface area contributed by atoms with Gasteiger partial charge in [-0.15, -0.1) is 26.3 Å². The summed E-state index contributed by atoms with van der Waals surface area (Å²) in [5.41, 5.74) is 16.3. The SMILES string of the molecule is COC(=O)/C(=C/c1ccc(OC(F)(F)F)cc1)N=[N+]=[N-].COC(=O)CN=[N+]=[N-].C[O-].O=Cc1ccc(OC(F)(F)F)cc1.[Na+]. The van der Waals surface area contributed by atoms with Crippen molar-refractivity contribution >= 4 is 24.3 Å². The number of benzene rings is 2. The molecule has 0 heterocycles. The van der Waals surface area contributed by atoms with E-state index >= 15 is 0 Å². The van der Waals surface area contributed by atoms with Crippen LogP contribution in [0.3, 0.4) is 0 Å². The molecule has 21 heteroatoms. The van der Waals surface area contributed by atoms with E-state index in [9.17, 15) is 40.7 Å². The Balaban J connectivity index is -0.000000603. The minimum atomic E-state index is -4.78. The van der Waals surface area contributed by atoms with Crippen LogP contribution in [0.1, 0.15) is 15.9 Å². The van der Waals surface area contributed by atoms with Gasteiger partial charge in [-0.1, -0.05) is 22.4 Å². The predicted octanol–water partition coefficient (Wildman–Crippen LogP) is 2.26. The fourth-order valence-corrected chi connectivity index (χ4v) is 2.11. The summed E-state index contributed by atoms with van der Waals surface area (Å²) in [4.78, 5) is 36.3. The number of rotatable bonds is 8. The molecule has 0 aliphatic carbocycles. The van der Waals surface area contributed by atoms with Gasteiger partial charge in [-0.05, 0) is 59.1 Å². The number of azide groups is 2. The van der Waals surface area contributed by atoms with Crippen LogP contribution in [0.5, 0.6) is 11.5 Å². The summed E-state index contributed by atoms with van der Waals surface area (Å²) in [6, 6.07) is 9.29. The fourth-order valence-electron chi connectivity index (χ4n) is 2.11. The number of carbonyl (C=O) groups excluding carboxylic acids is 3. The molecule has 0 fully saturated rings. The molecule has 0 bridgehead atoms. The molecule has 234 valence electrons. The second kappa shape index (κ2) is 24.0. The van der Waals surface area contributed by atoms with E-state index in [4.69, 9.17) is 16.2 Å². The van der Waals surface area contributed by atoms with E-state index in [2.05, 4.69) is 39.0 Å². The Morgan fingerprint density at radius 1 is 0.818 bits per heavy atom. The number of hydrogen-bond donors (Lipinski definition) is 0. The first-order valence-electron chi connectivity index (χ1n) is 10.7. The zero-order valence-electron chi connectivity index (χ0n) is 23.2. The predicted molar refractivity (Wildman–Crippen MR) is 133 cm³/mol. The third-order valence-corrected chi connectivity index (χ3v) is 3.70. The van der Waals surface area contributed by atoms with Gasteiger partial charge in [0.15, 0.2) is 0 Å². The molecule has 0 radical (unpaired) electrons. The maximum absolute atomic E-state index is 12.0. The number of methoxy groups -OCH3 is 2. The van der Waals surface area contributed by atoms with Crippen LogP contribution in [-0.4, -0.2) is 58.8 Å². The zero-order chi connectivity index (χ0) is 33.5. The number of nitrogens with zero attached hydrogens (tertiary/aromatic N) is 6. The molecule has 0 unspecified atom stereocenters. The summed E-state index contributed by atoms with van der Waals surface area (Å²) in [5, 5.41) is 14.3.